The van der Waals surface area contributed by atoms with Gasteiger partial charge in [0.15, 0.2) is 0 Å². The molecule has 6 nitrogen and oxygen atoms in total. The molecule has 3 rings (SSSR count). The van der Waals surface area contributed by atoms with E-state index in [2.05, 4.69) is 5.32 Å². The standard InChI is InChI=1S/C16H17NO5/c18-14(17-11-3-1-2-10(7-11)15(19)20)12-8-4-5-9(6-8)13(12)16(21)22/h1-3,7-9,12-13H,4-6H2,(H,17,18)(H,19,20)(H,21,22)/p-2/t8-,9+,12+,13+/m1/s1. The number of carbonyl (C=O) groups excluding carboxylic acids is 3. The Morgan fingerprint density at radius 1 is 1.05 bits per heavy atom. The summed E-state index contributed by atoms with van der Waals surface area (Å²) in [4.78, 5) is 34.6. The van der Waals surface area contributed by atoms with Crippen LogP contribution in [-0.4, -0.2) is 17.8 Å². The van der Waals surface area contributed by atoms with Crippen molar-refractivity contribution in [2.45, 2.75) is 19.3 Å². The van der Waals surface area contributed by atoms with Crippen LogP contribution in [0.4, 0.5) is 5.69 Å². The van der Waals surface area contributed by atoms with Crippen molar-refractivity contribution in [3.8, 4) is 0 Å². The van der Waals surface area contributed by atoms with E-state index in [-0.39, 0.29) is 23.3 Å². The number of aromatic carboxylic acids is 1. The van der Waals surface area contributed by atoms with Crippen LogP contribution < -0.4 is 15.5 Å². The zero-order valence-electron chi connectivity index (χ0n) is 11.8. The summed E-state index contributed by atoms with van der Waals surface area (Å²) in [5.74, 6) is -4.15. The van der Waals surface area contributed by atoms with Crippen molar-refractivity contribution in [3.05, 3.63) is 29.8 Å². The van der Waals surface area contributed by atoms with Gasteiger partial charge in [-0.25, -0.2) is 0 Å². The van der Waals surface area contributed by atoms with Gasteiger partial charge >= 0.3 is 0 Å². The van der Waals surface area contributed by atoms with E-state index >= 15 is 0 Å². The molecule has 1 N–H and O–H groups in total. The third kappa shape index (κ3) is 2.45. The van der Waals surface area contributed by atoms with Crippen LogP contribution in [0.25, 0.3) is 0 Å². The molecule has 4 atom stereocenters. The number of hydrogen-bond donors (Lipinski definition) is 1. The average molecular weight is 301 g/mol. The van der Waals surface area contributed by atoms with Gasteiger partial charge in [-0.1, -0.05) is 12.1 Å². The van der Waals surface area contributed by atoms with Crippen LogP contribution >= 0.6 is 0 Å². The minimum Gasteiger partial charge on any atom is -0.550 e. The predicted molar refractivity (Wildman–Crippen MR) is 72.2 cm³/mol. The molecule has 6 heteroatoms. The first-order chi connectivity index (χ1) is 10.5. The maximum Gasteiger partial charge on any atom is 0.228 e. The largest absolute Gasteiger partial charge is 0.550 e. The Balaban J connectivity index is 1.78. The number of carboxylic acid groups (broad SMARTS) is 2. The molecule has 1 amide bonds. The Bertz CT molecular complexity index is 641. The molecular formula is C16H15NO5-2. The first-order valence-corrected chi connectivity index (χ1v) is 7.30. The van der Waals surface area contributed by atoms with Gasteiger partial charge in [-0.05, 0) is 48.8 Å². The molecule has 22 heavy (non-hydrogen) atoms. The third-order valence-electron chi connectivity index (χ3n) is 4.86. The molecule has 0 saturated heterocycles. The maximum atomic E-state index is 12.4. The molecular weight excluding hydrogens is 286 g/mol. The van der Waals surface area contributed by atoms with E-state index in [0.29, 0.717) is 5.69 Å². The molecule has 1 aromatic carbocycles. The van der Waals surface area contributed by atoms with Crippen LogP contribution in [0.1, 0.15) is 29.6 Å². The molecule has 0 spiro atoms. The van der Waals surface area contributed by atoms with Gasteiger partial charge in [0.1, 0.15) is 0 Å². The van der Waals surface area contributed by atoms with E-state index < -0.39 is 23.8 Å². The molecule has 2 bridgehead atoms. The molecule has 116 valence electrons. The van der Waals surface area contributed by atoms with Gasteiger partial charge < -0.3 is 25.1 Å². The number of carbonyl (C=O) groups is 3. The van der Waals surface area contributed by atoms with Crippen LogP contribution in [0.2, 0.25) is 0 Å². The quantitative estimate of drug-likeness (QED) is 0.798. The number of carboxylic acids is 2. The minimum atomic E-state index is -1.33. The van der Waals surface area contributed by atoms with Crippen LogP contribution in [0.5, 0.6) is 0 Å². The smallest absolute Gasteiger partial charge is 0.228 e. The molecule has 0 radical (unpaired) electrons. The summed E-state index contributed by atoms with van der Waals surface area (Å²) < 4.78 is 0. The van der Waals surface area contributed by atoms with Crippen LogP contribution in [0.3, 0.4) is 0 Å². The van der Waals surface area contributed by atoms with Crippen molar-refractivity contribution in [1.29, 1.82) is 0 Å². The van der Waals surface area contributed by atoms with Gasteiger partial charge in [0.05, 0.1) is 5.97 Å². The van der Waals surface area contributed by atoms with E-state index in [9.17, 15) is 24.6 Å². The summed E-state index contributed by atoms with van der Waals surface area (Å²) in [5, 5.41) is 24.8. The van der Waals surface area contributed by atoms with Crippen LogP contribution in [-0.2, 0) is 9.59 Å². The van der Waals surface area contributed by atoms with Crippen molar-refractivity contribution >= 4 is 23.5 Å². The van der Waals surface area contributed by atoms with Crippen molar-refractivity contribution in [3.63, 3.8) is 0 Å². The van der Waals surface area contributed by atoms with Gasteiger partial charge in [-0.2, -0.15) is 0 Å². The Hall–Kier alpha value is -2.37. The average Bonchev–Trinajstić information content (AvgIpc) is 3.07. The molecule has 0 aromatic heterocycles. The Morgan fingerprint density at radius 2 is 1.73 bits per heavy atom. The van der Waals surface area contributed by atoms with Gasteiger partial charge in [0.25, 0.3) is 0 Å². The highest BCUT2D eigenvalue weighted by atomic mass is 16.4. The lowest BCUT2D eigenvalue weighted by Crippen LogP contribution is -2.43. The number of anilines is 1. The number of rotatable bonds is 4. The highest BCUT2D eigenvalue weighted by Gasteiger charge is 2.51. The normalized spacial score (nSPS) is 29.3. The zero-order chi connectivity index (χ0) is 15.9. The number of amides is 1. The molecule has 0 unspecified atom stereocenters. The van der Waals surface area contributed by atoms with Gasteiger partial charge in [-0.3, -0.25) is 4.79 Å². The lowest BCUT2D eigenvalue weighted by Gasteiger charge is -2.30. The summed E-state index contributed by atoms with van der Waals surface area (Å²) in [5.41, 5.74) is 0.286. The molecule has 2 aliphatic carbocycles. The fraction of sp³-hybridized carbons (Fsp3) is 0.438. The second kappa shape index (κ2) is 5.44. The SMILES string of the molecule is O=C([O-])c1cccc(NC(=O)[C@H]2[C@@H]3CC[C@@H](C3)[C@@H]2C(=O)[O-])c1. The van der Waals surface area contributed by atoms with Crippen LogP contribution in [0, 0.1) is 23.7 Å². The van der Waals surface area contributed by atoms with Crippen molar-refractivity contribution in [1.82, 2.24) is 0 Å². The number of hydrogen-bond acceptors (Lipinski definition) is 5. The Kier molecular flexibility index (Phi) is 3.60. The van der Waals surface area contributed by atoms with E-state index in [1.807, 2.05) is 0 Å². The molecule has 0 heterocycles. The fourth-order valence-electron chi connectivity index (χ4n) is 3.96. The predicted octanol–water partition coefficient (Wildman–Crippen LogP) is -0.599. The number of benzene rings is 1. The second-order valence-corrected chi connectivity index (χ2v) is 6.06. The summed E-state index contributed by atoms with van der Waals surface area (Å²) in [7, 11) is 0. The molecule has 2 saturated carbocycles. The molecule has 2 fully saturated rings. The topological polar surface area (TPSA) is 109 Å². The lowest BCUT2D eigenvalue weighted by molar-refractivity contribution is -0.314. The summed E-state index contributed by atoms with van der Waals surface area (Å²) >= 11 is 0. The van der Waals surface area contributed by atoms with E-state index in [1.54, 1.807) is 6.07 Å². The lowest BCUT2D eigenvalue weighted by atomic mass is 9.78. The summed E-state index contributed by atoms with van der Waals surface area (Å²) in [6, 6.07) is 5.73. The minimum absolute atomic E-state index is 0.0142. The molecule has 1 aromatic rings. The van der Waals surface area contributed by atoms with E-state index in [1.165, 1.54) is 18.2 Å². The number of aliphatic carboxylic acids is 1. The van der Waals surface area contributed by atoms with Crippen molar-refractivity contribution in [2.24, 2.45) is 23.7 Å². The summed E-state index contributed by atoms with van der Waals surface area (Å²) in [6.45, 7) is 0. The highest BCUT2D eigenvalue weighted by Crippen LogP contribution is 2.52. The van der Waals surface area contributed by atoms with E-state index in [0.717, 1.165) is 19.3 Å². The first kappa shape index (κ1) is 14.6. The maximum absolute atomic E-state index is 12.4. The van der Waals surface area contributed by atoms with Gasteiger partial charge in [-0.15, -0.1) is 0 Å². The Labute approximate surface area is 127 Å². The fourth-order valence-corrected chi connectivity index (χ4v) is 3.96. The highest BCUT2D eigenvalue weighted by molar-refractivity contribution is 5.97. The van der Waals surface area contributed by atoms with Gasteiger partial charge in [0, 0.05) is 23.5 Å². The molecule has 0 aliphatic heterocycles. The molecule has 2 aliphatic rings. The zero-order valence-corrected chi connectivity index (χ0v) is 11.8. The van der Waals surface area contributed by atoms with Crippen molar-refractivity contribution < 1.29 is 24.6 Å². The monoisotopic (exact) mass is 301 g/mol. The Morgan fingerprint density at radius 3 is 2.36 bits per heavy atom. The van der Waals surface area contributed by atoms with Crippen LogP contribution in [0.15, 0.2) is 24.3 Å². The van der Waals surface area contributed by atoms with Gasteiger partial charge in [0.2, 0.25) is 5.91 Å². The van der Waals surface area contributed by atoms with E-state index in [4.69, 9.17) is 0 Å². The number of nitrogens with one attached hydrogen (secondary N) is 1. The second-order valence-electron chi connectivity index (χ2n) is 6.06. The first-order valence-electron chi connectivity index (χ1n) is 7.30. The van der Waals surface area contributed by atoms with Crippen molar-refractivity contribution in [2.75, 3.05) is 5.32 Å². The third-order valence-corrected chi connectivity index (χ3v) is 4.86. The number of fused-ring (bicyclic) bond motifs is 2. The summed E-state index contributed by atoms with van der Waals surface area (Å²) in [6.07, 6.45) is 2.43.